The minimum absolute atomic E-state index is 0.00697. The molecule has 0 aliphatic heterocycles. The molecule has 0 amide bonds. The van der Waals surface area contributed by atoms with Crippen molar-refractivity contribution in [3.8, 4) is 0 Å². The Kier molecular flexibility index (Phi) is 6.88. The van der Waals surface area contributed by atoms with Gasteiger partial charge in [0.1, 0.15) is 6.10 Å². The Balaban J connectivity index is 2.18. The molecule has 0 aromatic carbocycles. The van der Waals surface area contributed by atoms with Gasteiger partial charge >= 0.3 is 0 Å². The molecule has 1 saturated carbocycles. The second-order valence-electron chi connectivity index (χ2n) is 5.20. The second kappa shape index (κ2) is 7.65. The van der Waals surface area contributed by atoms with Crippen LogP contribution >= 0.6 is 11.6 Å². The molecule has 0 saturated heterocycles. The summed E-state index contributed by atoms with van der Waals surface area (Å²) in [5.74, 6) is 0. The van der Waals surface area contributed by atoms with Crippen molar-refractivity contribution in [1.82, 2.24) is 0 Å². The van der Waals surface area contributed by atoms with Crippen LogP contribution in [0.1, 0.15) is 26.7 Å². The van der Waals surface area contributed by atoms with Crippen molar-refractivity contribution in [1.29, 1.82) is 0 Å². The zero-order valence-electron chi connectivity index (χ0n) is 11.8. The molecule has 0 aromatic rings. The summed E-state index contributed by atoms with van der Waals surface area (Å²) in [6.45, 7) is 5.92. The molecule has 0 N–H and O–H groups in total. The topological polar surface area (TPSA) is 36.9 Å². The number of ether oxygens (including phenoxy) is 4. The third kappa shape index (κ3) is 5.02. The van der Waals surface area contributed by atoms with E-state index in [1.54, 1.807) is 14.2 Å². The van der Waals surface area contributed by atoms with Crippen molar-refractivity contribution in [2.75, 3.05) is 34.0 Å². The molecule has 3 atom stereocenters. The smallest absolute Gasteiger partial charge is 0.100 e. The SMILES string of the molecule is COCCOC1C(Cl)CC1OCCC(C)(C)OC. The monoisotopic (exact) mass is 280 g/mol. The average molecular weight is 281 g/mol. The zero-order valence-corrected chi connectivity index (χ0v) is 12.5. The molecule has 0 bridgehead atoms. The predicted molar refractivity (Wildman–Crippen MR) is 71.3 cm³/mol. The van der Waals surface area contributed by atoms with Gasteiger partial charge in [-0.15, -0.1) is 11.6 Å². The van der Waals surface area contributed by atoms with Gasteiger partial charge in [-0.25, -0.2) is 0 Å². The minimum atomic E-state index is -0.142. The molecule has 0 radical (unpaired) electrons. The molecule has 1 aliphatic rings. The molecule has 1 fully saturated rings. The molecule has 0 spiro atoms. The summed E-state index contributed by atoms with van der Waals surface area (Å²) in [4.78, 5) is 0. The highest BCUT2D eigenvalue weighted by atomic mass is 35.5. The van der Waals surface area contributed by atoms with E-state index in [2.05, 4.69) is 0 Å². The summed E-state index contributed by atoms with van der Waals surface area (Å²) >= 11 is 6.11. The normalized spacial score (nSPS) is 28.2. The van der Waals surface area contributed by atoms with Crippen molar-refractivity contribution < 1.29 is 18.9 Å². The molecule has 18 heavy (non-hydrogen) atoms. The molecule has 4 nitrogen and oxygen atoms in total. The third-order valence-electron chi connectivity index (χ3n) is 3.37. The third-order valence-corrected chi connectivity index (χ3v) is 3.79. The van der Waals surface area contributed by atoms with Crippen LogP contribution in [0.25, 0.3) is 0 Å². The van der Waals surface area contributed by atoms with E-state index in [0.717, 1.165) is 12.8 Å². The summed E-state index contributed by atoms with van der Waals surface area (Å²) in [5.41, 5.74) is -0.142. The van der Waals surface area contributed by atoms with Gasteiger partial charge in [0, 0.05) is 20.8 Å². The summed E-state index contributed by atoms with van der Waals surface area (Å²) < 4.78 is 21.7. The molecular weight excluding hydrogens is 256 g/mol. The first-order chi connectivity index (χ1) is 8.50. The summed E-state index contributed by atoms with van der Waals surface area (Å²) in [6.07, 6.45) is 1.81. The van der Waals surface area contributed by atoms with Crippen LogP contribution in [0.2, 0.25) is 0 Å². The van der Waals surface area contributed by atoms with Crippen molar-refractivity contribution in [2.24, 2.45) is 0 Å². The number of methoxy groups -OCH3 is 2. The Labute approximate surface area is 115 Å². The Hall–Kier alpha value is 0.130. The number of alkyl halides is 1. The highest BCUT2D eigenvalue weighted by molar-refractivity contribution is 6.21. The first-order valence-electron chi connectivity index (χ1n) is 6.41. The number of hydrogen-bond acceptors (Lipinski definition) is 4. The first-order valence-corrected chi connectivity index (χ1v) is 6.85. The van der Waals surface area contributed by atoms with E-state index in [4.69, 9.17) is 30.5 Å². The molecule has 0 heterocycles. The van der Waals surface area contributed by atoms with Crippen LogP contribution in [-0.2, 0) is 18.9 Å². The fourth-order valence-electron chi connectivity index (χ4n) is 1.73. The van der Waals surface area contributed by atoms with Gasteiger partial charge in [0.05, 0.1) is 30.3 Å². The maximum atomic E-state index is 6.11. The van der Waals surface area contributed by atoms with Crippen LogP contribution in [0.3, 0.4) is 0 Å². The fourth-order valence-corrected chi connectivity index (χ4v) is 2.14. The van der Waals surface area contributed by atoms with Gasteiger partial charge in [0.2, 0.25) is 0 Å². The van der Waals surface area contributed by atoms with E-state index in [1.165, 1.54) is 0 Å². The van der Waals surface area contributed by atoms with E-state index in [1.807, 2.05) is 13.8 Å². The highest BCUT2D eigenvalue weighted by Gasteiger charge is 2.41. The fraction of sp³-hybridized carbons (Fsp3) is 1.00. The van der Waals surface area contributed by atoms with Gasteiger partial charge in [-0.2, -0.15) is 0 Å². The van der Waals surface area contributed by atoms with Crippen molar-refractivity contribution in [2.45, 2.75) is 49.9 Å². The van der Waals surface area contributed by atoms with Crippen LogP contribution in [0.15, 0.2) is 0 Å². The van der Waals surface area contributed by atoms with E-state index in [9.17, 15) is 0 Å². The number of rotatable bonds is 9. The Morgan fingerprint density at radius 1 is 1.11 bits per heavy atom. The molecule has 108 valence electrons. The maximum Gasteiger partial charge on any atom is 0.100 e. The van der Waals surface area contributed by atoms with Crippen LogP contribution in [0.4, 0.5) is 0 Å². The van der Waals surface area contributed by atoms with Crippen LogP contribution < -0.4 is 0 Å². The van der Waals surface area contributed by atoms with Gasteiger partial charge in [0.15, 0.2) is 0 Å². The van der Waals surface area contributed by atoms with Crippen LogP contribution in [0, 0.1) is 0 Å². The summed E-state index contributed by atoms with van der Waals surface area (Å²) in [5, 5.41) is 0.0577. The van der Waals surface area contributed by atoms with E-state index >= 15 is 0 Å². The average Bonchev–Trinajstić information content (AvgIpc) is 2.33. The Morgan fingerprint density at radius 2 is 1.83 bits per heavy atom. The highest BCUT2D eigenvalue weighted by Crippen LogP contribution is 2.32. The van der Waals surface area contributed by atoms with E-state index in [0.29, 0.717) is 19.8 Å². The van der Waals surface area contributed by atoms with Gasteiger partial charge in [-0.3, -0.25) is 0 Å². The molecule has 0 aromatic heterocycles. The minimum Gasteiger partial charge on any atom is -0.382 e. The van der Waals surface area contributed by atoms with E-state index in [-0.39, 0.29) is 23.2 Å². The summed E-state index contributed by atoms with van der Waals surface area (Å²) in [6, 6.07) is 0. The Bertz CT molecular complexity index is 235. The van der Waals surface area contributed by atoms with Gasteiger partial charge in [-0.1, -0.05) is 0 Å². The lowest BCUT2D eigenvalue weighted by atomic mass is 9.91. The maximum absolute atomic E-state index is 6.11. The lowest BCUT2D eigenvalue weighted by Gasteiger charge is -2.41. The Morgan fingerprint density at radius 3 is 2.39 bits per heavy atom. The zero-order chi connectivity index (χ0) is 13.6. The molecule has 1 rings (SSSR count). The number of hydrogen-bond donors (Lipinski definition) is 0. The van der Waals surface area contributed by atoms with Crippen LogP contribution in [0.5, 0.6) is 0 Å². The second-order valence-corrected chi connectivity index (χ2v) is 5.76. The number of halogens is 1. The van der Waals surface area contributed by atoms with Crippen molar-refractivity contribution in [3.05, 3.63) is 0 Å². The largest absolute Gasteiger partial charge is 0.382 e. The van der Waals surface area contributed by atoms with Gasteiger partial charge in [-0.05, 0) is 26.7 Å². The summed E-state index contributed by atoms with van der Waals surface area (Å²) in [7, 11) is 3.37. The molecule has 5 heteroatoms. The lowest BCUT2D eigenvalue weighted by Crippen LogP contribution is -2.51. The molecular formula is C13H25ClO4. The van der Waals surface area contributed by atoms with Gasteiger partial charge < -0.3 is 18.9 Å². The standard InChI is InChI=1S/C13H25ClO4/c1-13(2,16-4)5-6-17-11-9-10(14)12(11)18-8-7-15-3/h10-12H,5-9H2,1-4H3. The van der Waals surface area contributed by atoms with Crippen molar-refractivity contribution >= 4 is 11.6 Å². The van der Waals surface area contributed by atoms with E-state index < -0.39 is 0 Å². The molecule has 1 aliphatic carbocycles. The lowest BCUT2D eigenvalue weighted by molar-refractivity contribution is -0.137. The quantitative estimate of drug-likeness (QED) is 0.479. The predicted octanol–water partition coefficient (Wildman–Crippen LogP) is 2.23. The first kappa shape index (κ1) is 16.2. The van der Waals surface area contributed by atoms with Gasteiger partial charge in [0.25, 0.3) is 0 Å². The van der Waals surface area contributed by atoms with Crippen molar-refractivity contribution in [3.63, 3.8) is 0 Å². The molecule has 3 unspecified atom stereocenters. The van der Waals surface area contributed by atoms with Crippen LogP contribution in [-0.4, -0.2) is 57.2 Å².